The van der Waals surface area contributed by atoms with E-state index < -0.39 is 12.2 Å². The van der Waals surface area contributed by atoms with Gasteiger partial charge in [0.05, 0.1) is 19.2 Å². The quantitative estimate of drug-likeness (QED) is 0.697. The van der Waals surface area contributed by atoms with Crippen molar-refractivity contribution in [3.05, 3.63) is 0 Å². The minimum absolute atomic E-state index is 0.0189. The number of fused-ring (bicyclic) bond motifs is 3. The van der Waals surface area contributed by atoms with E-state index in [1.807, 2.05) is 6.07 Å². The number of hydrogen-bond acceptors (Lipinski definition) is 4. The molecule has 3 aliphatic carbocycles. The summed E-state index contributed by atoms with van der Waals surface area (Å²) in [5.74, 6) is 0.00320. The molecule has 1 aliphatic heterocycles. The normalized spacial score (nSPS) is 34.5. The number of carbonyl (C=O) groups is 2. The van der Waals surface area contributed by atoms with Crippen LogP contribution >= 0.6 is 0 Å². The SMILES string of the molecule is CCC(CC)NC(=O)C12CCC(NCC(=O)N3CC(F)CC3C#N)(CC1)CC2. The van der Waals surface area contributed by atoms with E-state index in [2.05, 4.69) is 24.5 Å². The first-order chi connectivity index (χ1) is 13.4. The Balaban J connectivity index is 1.53. The van der Waals surface area contributed by atoms with Crippen LogP contribution in [0.1, 0.15) is 71.6 Å². The second kappa shape index (κ2) is 8.36. The summed E-state index contributed by atoms with van der Waals surface area (Å²) in [4.78, 5) is 26.8. The van der Waals surface area contributed by atoms with Gasteiger partial charge in [-0.25, -0.2) is 4.39 Å². The monoisotopic (exact) mass is 392 g/mol. The van der Waals surface area contributed by atoms with Crippen molar-refractivity contribution < 1.29 is 14.0 Å². The Bertz CT molecular complexity index is 618. The highest BCUT2D eigenvalue weighted by atomic mass is 19.1. The molecular formula is C21H33FN4O2. The lowest BCUT2D eigenvalue weighted by atomic mass is 9.57. The Hall–Kier alpha value is -1.68. The number of halogens is 1. The third kappa shape index (κ3) is 4.03. The molecule has 4 aliphatic rings. The van der Waals surface area contributed by atoms with Crippen LogP contribution in [-0.4, -0.2) is 53.6 Å². The van der Waals surface area contributed by atoms with Crippen molar-refractivity contribution in [1.82, 2.24) is 15.5 Å². The van der Waals surface area contributed by atoms with E-state index in [4.69, 9.17) is 5.26 Å². The molecule has 1 heterocycles. The van der Waals surface area contributed by atoms with Crippen LogP contribution in [0, 0.1) is 16.7 Å². The zero-order chi connectivity index (χ0) is 20.4. The van der Waals surface area contributed by atoms with E-state index in [9.17, 15) is 14.0 Å². The first-order valence-electron chi connectivity index (χ1n) is 10.8. The van der Waals surface area contributed by atoms with Crippen LogP contribution in [-0.2, 0) is 9.59 Å². The molecule has 2 amide bonds. The predicted molar refractivity (Wildman–Crippen MR) is 104 cm³/mol. The summed E-state index contributed by atoms with van der Waals surface area (Å²) in [5, 5.41) is 15.8. The molecule has 2 bridgehead atoms. The molecule has 28 heavy (non-hydrogen) atoms. The van der Waals surface area contributed by atoms with E-state index in [1.54, 1.807) is 0 Å². The van der Waals surface area contributed by atoms with Crippen LogP contribution in [0.5, 0.6) is 0 Å². The van der Waals surface area contributed by atoms with Crippen LogP contribution in [0.2, 0.25) is 0 Å². The molecule has 7 heteroatoms. The maximum atomic E-state index is 13.6. The molecule has 4 fully saturated rings. The Morgan fingerprint density at radius 1 is 1.18 bits per heavy atom. The summed E-state index contributed by atoms with van der Waals surface area (Å²) in [7, 11) is 0. The Morgan fingerprint density at radius 2 is 1.79 bits per heavy atom. The van der Waals surface area contributed by atoms with Gasteiger partial charge in [0.2, 0.25) is 11.8 Å². The molecule has 0 radical (unpaired) electrons. The fourth-order valence-electron chi connectivity index (χ4n) is 5.17. The smallest absolute Gasteiger partial charge is 0.237 e. The number of carbonyl (C=O) groups excluding carboxylic acids is 2. The van der Waals surface area contributed by atoms with Gasteiger partial charge in [-0.15, -0.1) is 0 Å². The molecule has 1 saturated heterocycles. The number of amides is 2. The zero-order valence-corrected chi connectivity index (χ0v) is 17.1. The highest BCUT2D eigenvalue weighted by molar-refractivity contribution is 5.83. The summed E-state index contributed by atoms with van der Waals surface area (Å²) in [6.07, 6.45) is 6.08. The maximum Gasteiger partial charge on any atom is 0.237 e. The van der Waals surface area contributed by atoms with Crippen molar-refractivity contribution in [2.75, 3.05) is 13.1 Å². The second-order valence-corrected chi connectivity index (χ2v) is 8.93. The minimum Gasteiger partial charge on any atom is -0.353 e. The number of hydrogen-bond donors (Lipinski definition) is 2. The molecule has 2 unspecified atom stereocenters. The molecule has 4 rings (SSSR count). The number of rotatable bonds is 7. The molecule has 2 atom stereocenters. The van der Waals surface area contributed by atoms with Gasteiger partial charge in [-0.1, -0.05) is 13.8 Å². The van der Waals surface area contributed by atoms with Crippen LogP contribution in [0.4, 0.5) is 4.39 Å². The van der Waals surface area contributed by atoms with E-state index in [-0.39, 0.29) is 48.3 Å². The average Bonchev–Trinajstić information content (AvgIpc) is 3.12. The van der Waals surface area contributed by atoms with Gasteiger partial charge in [0.1, 0.15) is 12.2 Å². The van der Waals surface area contributed by atoms with E-state index in [0.717, 1.165) is 51.4 Å². The molecule has 0 aromatic carbocycles. The van der Waals surface area contributed by atoms with Crippen molar-refractivity contribution in [1.29, 1.82) is 5.26 Å². The van der Waals surface area contributed by atoms with Crippen molar-refractivity contribution >= 4 is 11.8 Å². The fourth-order valence-corrected chi connectivity index (χ4v) is 5.17. The van der Waals surface area contributed by atoms with Gasteiger partial charge in [-0.05, 0) is 51.4 Å². The molecule has 156 valence electrons. The van der Waals surface area contributed by atoms with Crippen molar-refractivity contribution in [2.45, 2.75) is 95.4 Å². The second-order valence-electron chi connectivity index (χ2n) is 8.93. The highest BCUT2D eigenvalue weighted by Gasteiger charge is 2.52. The van der Waals surface area contributed by atoms with Gasteiger partial charge in [-0.3, -0.25) is 9.59 Å². The first kappa shape index (κ1) is 21.0. The van der Waals surface area contributed by atoms with Gasteiger partial charge >= 0.3 is 0 Å². The molecule has 0 aromatic rings. The lowest BCUT2D eigenvalue weighted by Gasteiger charge is -2.53. The number of nitriles is 1. The van der Waals surface area contributed by atoms with E-state index >= 15 is 0 Å². The lowest BCUT2D eigenvalue weighted by Crippen LogP contribution is -2.60. The summed E-state index contributed by atoms with van der Waals surface area (Å²) in [6, 6.07) is 1.63. The van der Waals surface area contributed by atoms with Gasteiger partial charge in [0, 0.05) is 23.4 Å². The van der Waals surface area contributed by atoms with Gasteiger partial charge in [0.25, 0.3) is 0 Å². The first-order valence-corrected chi connectivity index (χ1v) is 10.8. The number of nitrogens with one attached hydrogen (secondary N) is 2. The maximum absolute atomic E-state index is 13.6. The van der Waals surface area contributed by atoms with Gasteiger partial charge in [-0.2, -0.15) is 5.26 Å². The number of nitrogens with zero attached hydrogens (tertiary/aromatic N) is 2. The van der Waals surface area contributed by atoms with Crippen LogP contribution < -0.4 is 10.6 Å². The average molecular weight is 393 g/mol. The molecule has 0 spiro atoms. The van der Waals surface area contributed by atoms with Gasteiger partial charge in [0.15, 0.2) is 0 Å². The summed E-state index contributed by atoms with van der Waals surface area (Å²) >= 11 is 0. The molecule has 0 aromatic heterocycles. The summed E-state index contributed by atoms with van der Waals surface area (Å²) in [5.41, 5.74) is -0.359. The van der Waals surface area contributed by atoms with Crippen molar-refractivity contribution in [3.8, 4) is 6.07 Å². The predicted octanol–water partition coefficient (Wildman–Crippen LogP) is 2.44. The molecule has 2 N–H and O–H groups in total. The number of likely N-dealkylation sites (tertiary alicyclic amines) is 1. The minimum atomic E-state index is -1.11. The molecular weight excluding hydrogens is 359 g/mol. The Labute approximate surface area is 167 Å². The van der Waals surface area contributed by atoms with Gasteiger partial charge < -0.3 is 15.5 Å². The Morgan fingerprint density at radius 3 is 2.32 bits per heavy atom. The van der Waals surface area contributed by atoms with E-state index in [0.29, 0.717) is 0 Å². The standard InChI is InChI=1S/C21H33FN4O2/c1-3-16(4-2)25-19(28)20-5-8-21(9-6-20,10-7-20)24-13-18(27)26-14-15(22)11-17(26)12-23/h15-17,24H,3-11,13-14H2,1-2H3,(H,25,28). The highest BCUT2D eigenvalue weighted by Crippen LogP contribution is 2.52. The third-order valence-corrected chi connectivity index (χ3v) is 7.38. The third-order valence-electron chi connectivity index (χ3n) is 7.38. The molecule has 3 saturated carbocycles. The largest absolute Gasteiger partial charge is 0.353 e. The summed E-state index contributed by atoms with van der Waals surface area (Å²) < 4.78 is 13.6. The Kier molecular flexibility index (Phi) is 6.28. The van der Waals surface area contributed by atoms with Crippen LogP contribution in [0.15, 0.2) is 0 Å². The summed E-state index contributed by atoms with van der Waals surface area (Å²) in [6.45, 7) is 4.35. The van der Waals surface area contributed by atoms with Crippen molar-refractivity contribution in [3.63, 3.8) is 0 Å². The van der Waals surface area contributed by atoms with E-state index in [1.165, 1.54) is 4.90 Å². The van der Waals surface area contributed by atoms with Crippen LogP contribution in [0.25, 0.3) is 0 Å². The topological polar surface area (TPSA) is 85.2 Å². The van der Waals surface area contributed by atoms with Crippen LogP contribution in [0.3, 0.4) is 0 Å². The van der Waals surface area contributed by atoms with Crippen molar-refractivity contribution in [2.24, 2.45) is 5.41 Å². The number of alkyl halides is 1. The molecule has 6 nitrogen and oxygen atoms in total. The lowest BCUT2D eigenvalue weighted by molar-refractivity contribution is -0.140. The zero-order valence-electron chi connectivity index (χ0n) is 17.1. The fraction of sp³-hybridized carbons (Fsp3) is 0.857.